The van der Waals surface area contributed by atoms with Gasteiger partial charge in [-0.1, -0.05) is 17.7 Å². The second-order valence-electron chi connectivity index (χ2n) is 8.45. The summed E-state index contributed by atoms with van der Waals surface area (Å²) in [5.74, 6) is -1.97. The number of rotatable bonds is 7. The number of halogens is 5. The molecule has 2 N–H and O–H groups in total. The van der Waals surface area contributed by atoms with E-state index in [0.29, 0.717) is 9.21 Å². The number of benzene rings is 1. The predicted octanol–water partition coefficient (Wildman–Crippen LogP) is 4.46. The molecule has 1 aromatic carbocycles. The molecule has 3 aromatic rings. The van der Waals surface area contributed by atoms with E-state index >= 15 is 0 Å². The highest BCUT2D eigenvalue weighted by Gasteiger charge is 2.40. The third-order valence-corrected chi connectivity index (χ3v) is 7.06. The van der Waals surface area contributed by atoms with E-state index < -0.39 is 48.9 Å². The summed E-state index contributed by atoms with van der Waals surface area (Å²) in [4.78, 5) is 39.2. The van der Waals surface area contributed by atoms with Gasteiger partial charge >= 0.3 is 6.18 Å². The summed E-state index contributed by atoms with van der Waals surface area (Å²) in [6, 6.07) is 9.68. The first-order chi connectivity index (χ1) is 17.5. The van der Waals surface area contributed by atoms with E-state index in [9.17, 15) is 31.9 Å². The van der Waals surface area contributed by atoms with Crippen molar-refractivity contribution < 1.29 is 27.2 Å². The van der Waals surface area contributed by atoms with Crippen molar-refractivity contribution in [2.75, 3.05) is 18.4 Å². The molecule has 0 bridgehead atoms. The molecule has 2 atom stereocenters. The minimum atomic E-state index is -4.44. The summed E-state index contributed by atoms with van der Waals surface area (Å²) >= 11 is 6.91. The van der Waals surface area contributed by atoms with Gasteiger partial charge < -0.3 is 10.6 Å². The number of thiophene rings is 1. The first-order valence-electron chi connectivity index (χ1n) is 11.2. The smallest absolute Gasteiger partial charge is 0.347 e. The average molecular weight is 557 g/mol. The van der Waals surface area contributed by atoms with Crippen LogP contribution in [0.5, 0.6) is 0 Å². The highest BCUT2D eigenvalue weighted by atomic mass is 35.5. The number of nitrogens with zero attached hydrogens (tertiary/aromatic N) is 2. The van der Waals surface area contributed by atoms with Crippen LogP contribution in [0.2, 0.25) is 4.34 Å². The first-order valence-corrected chi connectivity index (χ1v) is 12.3. The third kappa shape index (κ3) is 6.76. The van der Waals surface area contributed by atoms with E-state index in [1.165, 1.54) is 39.9 Å². The normalized spacial score (nSPS) is 18.1. The summed E-state index contributed by atoms with van der Waals surface area (Å²) in [6.07, 6.45) is -4.08. The maximum Gasteiger partial charge on any atom is 0.390 e. The van der Waals surface area contributed by atoms with Gasteiger partial charge in [0, 0.05) is 37.5 Å². The lowest BCUT2D eigenvalue weighted by Gasteiger charge is -2.24. The Hall–Kier alpha value is -3.22. The lowest BCUT2D eigenvalue weighted by Crippen LogP contribution is -2.41. The fraction of sp³-hybridized carbons (Fsp3) is 0.292. The molecule has 13 heteroatoms. The molecule has 3 heterocycles. The minimum absolute atomic E-state index is 0.0113. The van der Waals surface area contributed by atoms with Crippen molar-refractivity contribution in [1.29, 1.82) is 0 Å². The van der Waals surface area contributed by atoms with Crippen molar-refractivity contribution in [2.45, 2.75) is 31.1 Å². The van der Waals surface area contributed by atoms with E-state index in [1.807, 2.05) is 0 Å². The molecule has 0 saturated carbocycles. The highest BCUT2D eigenvalue weighted by molar-refractivity contribution is 7.18. The number of amides is 2. The Balaban J connectivity index is 1.48. The number of hydrogen-bond acceptors (Lipinski definition) is 5. The van der Waals surface area contributed by atoms with Crippen LogP contribution in [-0.2, 0) is 4.79 Å². The van der Waals surface area contributed by atoms with Crippen molar-refractivity contribution in [2.24, 2.45) is 0 Å². The first kappa shape index (κ1) is 26.8. The predicted molar refractivity (Wildman–Crippen MR) is 132 cm³/mol. The Bertz CT molecular complexity index is 1360. The van der Waals surface area contributed by atoms with E-state index in [4.69, 9.17) is 11.6 Å². The molecule has 4 rings (SSSR count). The molecule has 7 nitrogen and oxygen atoms in total. The molecule has 1 saturated heterocycles. The molecule has 1 fully saturated rings. The molecule has 2 amide bonds. The van der Waals surface area contributed by atoms with Gasteiger partial charge in [-0.25, -0.2) is 4.39 Å². The Morgan fingerprint density at radius 3 is 2.57 bits per heavy atom. The Morgan fingerprint density at radius 1 is 1.14 bits per heavy atom. The largest absolute Gasteiger partial charge is 0.390 e. The van der Waals surface area contributed by atoms with E-state index in [2.05, 4.69) is 10.6 Å². The van der Waals surface area contributed by atoms with Crippen molar-refractivity contribution >= 4 is 40.4 Å². The Labute approximate surface area is 217 Å². The molecular formula is C24H21ClF4N4O3S. The zero-order valence-electron chi connectivity index (χ0n) is 19.1. The fourth-order valence-electron chi connectivity index (χ4n) is 4.10. The van der Waals surface area contributed by atoms with Crippen molar-refractivity contribution in [3.05, 3.63) is 80.1 Å². The summed E-state index contributed by atoms with van der Waals surface area (Å²) in [6.45, 7) is -0.450. The third-order valence-electron chi connectivity index (χ3n) is 5.83. The van der Waals surface area contributed by atoms with Gasteiger partial charge in [0.1, 0.15) is 5.82 Å². The van der Waals surface area contributed by atoms with Crippen molar-refractivity contribution in [1.82, 2.24) is 14.8 Å². The molecule has 196 valence electrons. The number of anilines is 1. The summed E-state index contributed by atoms with van der Waals surface area (Å²) in [7, 11) is 0. The second kappa shape index (κ2) is 11.0. The van der Waals surface area contributed by atoms with Gasteiger partial charge in [0.05, 0.1) is 33.1 Å². The minimum Gasteiger partial charge on any atom is -0.347 e. The van der Waals surface area contributed by atoms with Crippen LogP contribution in [-0.4, -0.2) is 52.6 Å². The maximum atomic E-state index is 14.8. The SMILES string of the molecule is O=C(N[C@H]1CC(C(=O)Nc2ccc(-n3ccccc3=O)cc2F)N(CCC(F)(F)F)C1)c1ccc(Cl)s1. The van der Waals surface area contributed by atoms with Crippen LogP contribution < -0.4 is 16.2 Å². The lowest BCUT2D eigenvalue weighted by molar-refractivity contribution is -0.140. The van der Waals surface area contributed by atoms with E-state index in [-0.39, 0.29) is 29.9 Å². The summed E-state index contributed by atoms with van der Waals surface area (Å²) in [5.41, 5.74) is -0.317. The molecule has 0 spiro atoms. The number of alkyl halides is 3. The van der Waals surface area contributed by atoms with Gasteiger partial charge in [-0.2, -0.15) is 13.2 Å². The molecular weight excluding hydrogens is 536 g/mol. The van der Waals surface area contributed by atoms with Crippen LogP contribution in [0.25, 0.3) is 5.69 Å². The second-order valence-corrected chi connectivity index (χ2v) is 10.2. The van der Waals surface area contributed by atoms with Crippen LogP contribution in [0.4, 0.5) is 23.2 Å². The zero-order valence-corrected chi connectivity index (χ0v) is 20.7. The number of nitrogens with one attached hydrogen (secondary N) is 2. The number of aromatic nitrogens is 1. The van der Waals surface area contributed by atoms with E-state index in [0.717, 1.165) is 17.4 Å². The maximum absolute atomic E-state index is 14.8. The Kier molecular flexibility index (Phi) is 8.00. The van der Waals surface area contributed by atoms with E-state index in [1.54, 1.807) is 18.2 Å². The highest BCUT2D eigenvalue weighted by Crippen LogP contribution is 2.27. The summed E-state index contributed by atoms with van der Waals surface area (Å²) < 4.78 is 55.1. The quantitative estimate of drug-likeness (QED) is 0.421. The van der Waals surface area contributed by atoms with Crippen molar-refractivity contribution in [3.8, 4) is 5.69 Å². The standard InChI is InChI=1S/C24H21ClF4N4O3S/c25-20-7-6-19(37-20)23(36)30-14-11-18(32(13-14)10-8-24(27,28)29)22(35)31-17-5-4-15(12-16(17)26)33-9-2-1-3-21(33)34/h1-7,9,12,14,18H,8,10-11,13H2,(H,30,36)(H,31,35)/t14-,18?/m0/s1. The summed E-state index contributed by atoms with van der Waals surface area (Å²) in [5, 5.41) is 5.16. The van der Waals surface area contributed by atoms with Crippen LogP contribution in [0.3, 0.4) is 0 Å². The van der Waals surface area contributed by atoms with Crippen LogP contribution in [0.1, 0.15) is 22.5 Å². The van der Waals surface area contributed by atoms with Gasteiger partial charge in [0.2, 0.25) is 5.91 Å². The lowest BCUT2D eigenvalue weighted by atomic mass is 10.1. The van der Waals surface area contributed by atoms with Gasteiger partial charge in [-0.3, -0.25) is 23.9 Å². The molecule has 0 radical (unpaired) electrons. The van der Waals surface area contributed by atoms with Gasteiger partial charge in [0.25, 0.3) is 11.5 Å². The topological polar surface area (TPSA) is 83.4 Å². The van der Waals surface area contributed by atoms with Gasteiger partial charge in [-0.05, 0) is 36.8 Å². The number of pyridine rings is 1. The van der Waals surface area contributed by atoms with Gasteiger partial charge in [-0.15, -0.1) is 11.3 Å². The number of carbonyl (C=O) groups is 2. The van der Waals surface area contributed by atoms with Crippen molar-refractivity contribution in [3.63, 3.8) is 0 Å². The Morgan fingerprint density at radius 2 is 1.92 bits per heavy atom. The monoisotopic (exact) mass is 556 g/mol. The molecule has 37 heavy (non-hydrogen) atoms. The van der Waals surface area contributed by atoms with Crippen LogP contribution in [0.15, 0.2) is 59.5 Å². The fourth-order valence-corrected chi connectivity index (χ4v) is 5.05. The van der Waals surface area contributed by atoms with Crippen LogP contribution in [0, 0.1) is 5.82 Å². The molecule has 1 unspecified atom stereocenters. The van der Waals surface area contributed by atoms with Gasteiger partial charge in [0.15, 0.2) is 0 Å². The number of hydrogen-bond donors (Lipinski definition) is 2. The number of likely N-dealkylation sites (tertiary alicyclic amines) is 1. The average Bonchev–Trinajstić information content (AvgIpc) is 3.45. The number of carbonyl (C=O) groups excluding carboxylic acids is 2. The molecule has 0 aliphatic carbocycles. The molecule has 1 aliphatic rings. The molecule has 2 aromatic heterocycles. The van der Waals surface area contributed by atoms with Crippen LogP contribution >= 0.6 is 22.9 Å². The molecule has 1 aliphatic heterocycles. The zero-order chi connectivity index (χ0) is 26.7.